The molecular formula is C6H11F2NO. The van der Waals surface area contributed by atoms with Crippen LogP contribution >= 0.6 is 0 Å². The topological polar surface area (TPSA) is 21.3 Å². The maximum atomic E-state index is 12.7. The molecule has 0 aromatic heterocycles. The van der Waals surface area contributed by atoms with Crippen molar-refractivity contribution >= 4 is 0 Å². The van der Waals surface area contributed by atoms with Crippen LogP contribution in [0.5, 0.6) is 0 Å². The lowest BCUT2D eigenvalue weighted by Crippen LogP contribution is -2.50. The molecule has 10 heavy (non-hydrogen) atoms. The number of alkyl halides is 2. The normalized spacial score (nSPS) is 32.1. The van der Waals surface area contributed by atoms with E-state index in [0.29, 0.717) is 13.0 Å². The number of rotatable bonds is 1. The molecule has 0 spiro atoms. The standard InChI is InChI=1S/C6H11F2NO/c1-9-5-2-3-10-4-6(5,7)8/h5,9H,2-4H2,1H3. The summed E-state index contributed by atoms with van der Waals surface area (Å²) >= 11 is 0. The molecule has 1 aliphatic heterocycles. The predicted octanol–water partition coefficient (Wildman–Crippen LogP) is 0.630. The lowest BCUT2D eigenvalue weighted by atomic mass is 10.1. The highest BCUT2D eigenvalue weighted by atomic mass is 19.3. The van der Waals surface area contributed by atoms with Gasteiger partial charge in [0.25, 0.3) is 5.92 Å². The van der Waals surface area contributed by atoms with Gasteiger partial charge >= 0.3 is 0 Å². The molecule has 0 aromatic rings. The Balaban J connectivity index is 2.51. The van der Waals surface area contributed by atoms with Gasteiger partial charge in [-0.3, -0.25) is 0 Å². The van der Waals surface area contributed by atoms with Gasteiger partial charge in [0.1, 0.15) is 6.61 Å². The molecule has 1 saturated heterocycles. The SMILES string of the molecule is CNC1CCOCC1(F)F. The van der Waals surface area contributed by atoms with Crippen molar-refractivity contribution in [3.05, 3.63) is 0 Å². The zero-order chi connectivity index (χ0) is 7.61. The van der Waals surface area contributed by atoms with Crippen LogP contribution in [0.25, 0.3) is 0 Å². The predicted molar refractivity (Wildman–Crippen MR) is 33.2 cm³/mol. The molecule has 1 aliphatic rings. The van der Waals surface area contributed by atoms with E-state index in [9.17, 15) is 8.78 Å². The quantitative estimate of drug-likeness (QED) is 0.593. The smallest absolute Gasteiger partial charge is 0.285 e. The molecule has 1 unspecified atom stereocenters. The Kier molecular flexibility index (Phi) is 2.21. The average molecular weight is 151 g/mol. The fourth-order valence-corrected chi connectivity index (χ4v) is 1.08. The van der Waals surface area contributed by atoms with Crippen LogP contribution in [0.3, 0.4) is 0 Å². The Morgan fingerprint density at radius 3 is 2.70 bits per heavy atom. The van der Waals surface area contributed by atoms with Crippen molar-refractivity contribution in [3.63, 3.8) is 0 Å². The summed E-state index contributed by atoms with van der Waals surface area (Å²) in [5.74, 6) is -2.69. The van der Waals surface area contributed by atoms with E-state index in [1.54, 1.807) is 7.05 Å². The van der Waals surface area contributed by atoms with Gasteiger partial charge in [0.15, 0.2) is 0 Å². The van der Waals surface area contributed by atoms with Crippen LogP contribution in [0.15, 0.2) is 0 Å². The first kappa shape index (κ1) is 7.88. The molecule has 1 atom stereocenters. The zero-order valence-electron chi connectivity index (χ0n) is 5.86. The third kappa shape index (κ3) is 1.44. The largest absolute Gasteiger partial charge is 0.375 e. The summed E-state index contributed by atoms with van der Waals surface area (Å²) < 4.78 is 30.0. The van der Waals surface area contributed by atoms with Crippen LogP contribution in [-0.4, -0.2) is 32.2 Å². The average Bonchev–Trinajstić information content (AvgIpc) is 1.87. The minimum atomic E-state index is -2.69. The molecule has 2 nitrogen and oxygen atoms in total. The second kappa shape index (κ2) is 2.80. The summed E-state index contributed by atoms with van der Waals surface area (Å²) in [7, 11) is 1.55. The minimum Gasteiger partial charge on any atom is -0.375 e. The summed E-state index contributed by atoms with van der Waals surface area (Å²) in [6.07, 6.45) is 0.392. The van der Waals surface area contributed by atoms with Gasteiger partial charge in [-0.15, -0.1) is 0 Å². The molecule has 1 heterocycles. The van der Waals surface area contributed by atoms with Crippen molar-refractivity contribution < 1.29 is 13.5 Å². The molecule has 0 bridgehead atoms. The third-order valence-electron chi connectivity index (χ3n) is 1.70. The van der Waals surface area contributed by atoms with Gasteiger partial charge in [0.05, 0.1) is 6.04 Å². The van der Waals surface area contributed by atoms with E-state index in [-0.39, 0.29) is 0 Å². The van der Waals surface area contributed by atoms with E-state index in [1.807, 2.05) is 0 Å². The molecule has 0 radical (unpaired) electrons. The molecule has 0 aliphatic carbocycles. The molecule has 60 valence electrons. The highest BCUT2D eigenvalue weighted by Gasteiger charge is 2.41. The Bertz CT molecular complexity index is 118. The molecule has 1 N–H and O–H groups in total. The van der Waals surface area contributed by atoms with Gasteiger partial charge in [-0.05, 0) is 13.5 Å². The van der Waals surface area contributed by atoms with Gasteiger partial charge in [0.2, 0.25) is 0 Å². The molecule has 0 aromatic carbocycles. The van der Waals surface area contributed by atoms with E-state index in [1.165, 1.54) is 0 Å². The van der Waals surface area contributed by atoms with E-state index in [0.717, 1.165) is 0 Å². The van der Waals surface area contributed by atoms with Crippen LogP contribution in [0, 0.1) is 0 Å². The maximum Gasteiger partial charge on any atom is 0.285 e. The van der Waals surface area contributed by atoms with Crippen LogP contribution in [0.2, 0.25) is 0 Å². The number of halogens is 2. The maximum absolute atomic E-state index is 12.7. The van der Waals surface area contributed by atoms with Gasteiger partial charge in [0, 0.05) is 6.61 Å². The fraction of sp³-hybridized carbons (Fsp3) is 1.00. The van der Waals surface area contributed by atoms with E-state index >= 15 is 0 Å². The molecule has 1 fully saturated rings. The molecule has 0 amide bonds. The second-order valence-corrected chi connectivity index (χ2v) is 2.44. The summed E-state index contributed by atoms with van der Waals surface area (Å²) in [5.41, 5.74) is 0. The van der Waals surface area contributed by atoms with Crippen molar-refractivity contribution in [2.75, 3.05) is 20.3 Å². The molecule has 4 heteroatoms. The summed E-state index contributed by atoms with van der Waals surface area (Å²) in [5, 5.41) is 2.56. The van der Waals surface area contributed by atoms with Crippen molar-refractivity contribution in [1.29, 1.82) is 0 Å². The van der Waals surface area contributed by atoms with E-state index < -0.39 is 18.6 Å². The van der Waals surface area contributed by atoms with E-state index in [4.69, 9.17) is 0 Å². The lowest BCUT2D eigenvalue weighted by Gasteiger charge is -2.30. The second-order valence-electron chi connectivity index (χ2n) is 2.44. The van der Waals surface area contributed by atoms with Crippen LogP contribution < -0.4 is 5.32 Å². The molecule has 0 saturated carbocycles. The van der Waals surface area contributed by atoms with Crippen LogP contribution in [0.4, 0.5) is 8.78 Å². The number of hydrogen-bond acceptors (Lipinski definition) is 2. The number of ether oxygens (including phenoxy) is 1. The van der Waals surface area contributed by atoms with E-state index in [2.05, 4.69) is 10.1 Å². The highest BCUT2D eigenvalue weighted by Crippen LogP contribution is 2.24. The van der Waals surface area contributed by atoms with Gasteiger partial charge in [-0.1, -0.05) is 0 Å². The Labute approximate surface area is 58.6 Å². The monoisotopic (exact) mass is 151 g/mol. The van der Waals surface area contributed by atoms with Gasteiger partial charge in [-0.25, -0.2) is 8.78 Å². The highest BCUT2D eigenvalue weighted by molar-refractivity contribution is 4.84. The third-order valence-corrected chi connectivity index (χ3v) is 1.70. The van der Waals surface area contributed by atoms with Crippen molar-refractivity contribution in [2.45, 2.75) is 18.4 Å². The Morgan fingerprint density at radius 1 is 1.60 bits per heavy atom. The van der Waals surface area contributed by atoms with Crippen LogP contribution in [0.1, 0.15) is 6.42 Å². The zero-order valence-corrected chi connectivity index (χ0v) is 5.86. The van der Waals surface area contributed by atoms with Gasteiger partial charge in [-0.2, -0.15) is 0 Å². The first-order valence-electron chi connectivity index (χ1n) is 3.29. The molecular weight excluding hydrogens is 140 g/mol. The lowest BCUT2D eigenvalue weighted by molar-refractivity contribution is -0.134. The van der Waals surface area contributed by atoms with Crippen molar-refractivity contribution in [3.8, 4) is 0 Å². The first-order chi connectivity index (χ1) is 4.67. The number of nitrogens with one attached hydrogen (secondary N) is 1. The molecule has 1 rings (SSSR count). The Hall–Kier alpha value is -0.220. The van der Waals surface area contributed by atoms with Crippen molar-refractivity contribution in [1.82, 2.24) is 5.32 Å². The summed E-state index contributed by atoms with van der Waals surface area (Å²) in [4.78, 5) is 0. The van der Waals surface area contributed by atoms with Crippen LogP contribution in [-0.2, 0) is 4.74 Å². The Morgan fingerprint density at radius 2 is 2.30 bits per heavy atom. The summed E-state index contributed by atoms with van der Waals surface area (Å²) in [6, 6.07) is -0.707. The minimum absolute atomic E-state index is 0.392. The first-order valence-corrected chi connectivity index (χ1v) is 3.29. The fourth-order valence-electron chi connectivity index (χ4n) is 1.08. The summed E-state index contributed by atoms with van der Waals surface area (Å²) in [6.45, 7) is -0.0143. The number of hydrogen-bond donors (Lipinski definition) is 1. The van der Waals surface area contributed by atoms with Crippen molar-refractivity contribution in [2.24, 2.45) is 0 Å². The van der Waals surface area contributed by atoms with Gasteiger partial charge < -0.3 is 10.1 Å².